The fraction of sp³-hybridized carbons (Fsp3) is 0.278. The molecule has 0 bridgehead atoms. The van der Waals surface area contributed by atoms with Crippen LogP contribution in [0.25, 0.3) is 0 Å². The predicted octanol–water partition coefficient (Wildman–Crippen LogP) is 3.94. The van der Waals surface area contributed by atoms with Gasteiger partial charge in [0.25, 0.3) is 5.91 Å². The third-order valence-corrected chi connectivity index (χ3v) is 4.19. The van der Waals surface area contributed by atoms with Gasteiger partial charge in [-0.2, -0.15) is 0 Å². The molecule has 0 spiro atoms. The highest BCUT2D eigenvalue weighted by molar-refractivity contribution is 6.32. The van der Waals surface area contributed by atoms with Crippen LogP contribution >= 0.6 is 11.6 Å². The molecule has 1 amide bonds. The van der Waals surface area contributed by atoms with E-state index in [1.165, 1.54) is 11.1 Å². The zero-order valence-electron chi connectivity index (χ0n) is 12.5. The van der Waals surface area contributed by atoms with Gasteiger partial charge in [-0.1, -0.05) is 35.9 Å². The van der Waals surface area contributed by atoms with E-state index in [4.69, 9.17) is 16.3 Å². The minimum Gasteiger partial charge on any atom is -0.492 e. The second-order valence-corrected chi connectivity index (χ2v) is 5.73. The molecule has 0 fully saturated rings. The molecule has 1 aliphatic rings. The predicted molar refractivity (Wildman–Crippen MR) is 87.5 cm³/mol. The molecule has 1 aliphatic heterocycles. The highest BCUT2D eigenvalue weighted by Crippen LogP contribution is 2.27. The maximum Gasteiger partial charge on any atom is 0.254 e. The van der Waals surface area contributed by atoms with Crippen molar-refractivity contribution in [1.29, 1.82) is 0 Å². The number of nitrogens with zero attached hydrogens (tertiary/aromatic N) is 1. The maximum atomic E-state index is 12.7. The van der Waals surface area contributed by atoms with Gasteiger partial charge in [0.05, 0.1) is 11.6 Å². The standard InChI is InChI=1S/C18H18ClNO2/c1-2-22-17-8-7-14(11-16(17)19)18(21)20-10-9-13-5-3-4-6-15(13)12-20/h3-8,11H,2,9-10,12H2,1H3. The van der Waals surface area contributed by atoms with E-state index in [2.05, 4.69) is 12.1 Å². The molecule has 0 saturated heterocycles. The molecule has 0 N–H and O–H groups in total. The van der Waals surface area contributed by atoms with Crippen LogP contribution in [0.4, 0.5) is 0 Å². The third-order valence-electron chi connectivity index (χ3n) is 3.90. The topological polar surface area (TPSA) is 29.5 Å². The zero-order chi connectivity index (χ0) is 15.5. The average Bonchev–Trinajstić information content (AvgIpc) is 2.56. The molecule has 0 radical (unpaired) electrons. The van der Waals surface area contributed by atoms with E-state index in [1.54, 1.807) is 18.2 Å². The van der Waals surface area contributed by atoms with Crippen molar-refractivity contribution >= 4 is 17.5 Å². The molecule has 0 atom stereocenters. The summed E-state index contributed by atoms with van der Waals surface area (Å²) < 4.78 is 5.41. The van der Waals surface area contributed by atoms with Crippen LogP contribution in [-0.2, 0) is 13.0 Å². The molecule has 0 saturated carbocycles. The molecule has 3 nitrogen and oxygen atoms in total. The van der Waals surface area contributed by atoms with Crippen LogP contribution < -0.4 is 4.74 Å². The minimum absolute atomic E-state index is 0.0134. The van der Waals surface area contributed by atoms with Crippen LogP contribution in [-0.4, -0.2) is 24.0 Å². The molecule has 0 unspecified atom stereocenters. The van der Waals surface area contributed by atoms with Gasteiger partial charge in [-0.25, -0.2) is 0 Å². The largest absolute Gasteiger partial charge is 0.492 e. The summed E-state index contributed by atoms with van der Waals surface area (Å²) in [5.41, 5.74) is 3.16. The van der Waals surface area contributed by atoms with Crippen molar-refractivity contribution in [2.45, 2.75) is 19.9 Å². The van der Waals surface area contributed by atoms with Gasteiger partial charge < -0.3 is 9.64 Å². The fourth-order valence-electron chi connectivity index (χ4n) is 2.76. The van der Waals surface area contributed by atoms with Crippen molar-refractivity contribution in [2.75, 3.05) is 13.2 Å². The summed E-state index contributed by atoms with van der Waals surface area (Å²) >= 11 is 6.18. The van der Waals surface area contributed by atoms with Crippen molar-refractivity contribution in [3.05, 3.63) is 64.2 Å². The van der Waals surface area contributed by atoms with Gasteiger partial charge in [0.2, 0.25) is 0 Å². The lowest BCUT2D eigenvalue weighted by atomic mass is 9.99. The molecule has 1 heterocycles. The van der Waals surface area contributed by atoms with Gasteiger partial charge >= 0.3 is 0 Å². The van der Waals surface area contributed by atoms with Crippen molar-refractivity contribution in [3.8, 4) is 5.75 Å². The highest BCUT2D eigenvalue weighted by Gasteiger charge is 2.22. The average molecular weight is 316 g/mol. The number of benzene rings is 2. The molecule has 22 heavy (non-hydrogen) atoms. The molecule has 2 aromatic carbocycles. The van der Waals surface area contributed by atoms with Crippen LogP contribution in [0.1, 0.15) is 28.4 Å². The lowest BCUT2D eigenvalue weighted by Gasteiger charge is -2.29. The van der Waals surface area contributed by atoms with Crippen molar-refractivity contribution in [2.24, 2.45) is 0 Å². The quantitative estimate of drug-likeness (QED) is 0.858. The Morgan fingerprint density at radius 2 is 2.00 bits per heavy atom. The van der Waals surface area contributed by atoms with E-state index >= 15 is 0 Å². The summed E-state index contributed by atoms with van der Waals surface area (Å²) in [6.07, 6.45) is 0.896. The van der Waals surface area contributed by atoms with Crippen LogP contribution in [0.2, 0.25) is 5.02 Å². The SMILES string of the molecule is CCOc1ccc(C(=O)N2CCc3ccccc3C2)cc1Cl. The van der Waals surface area contributed by atoms with Gasteiger partial charge in [-0.15, -0.1) is 0 Å². The van der Waals surface area contributed by atoms with Crippen LogP contribution in [0.3, 0.4) is 0 Å². The molecule has 4 heteroatoms. The Bertz CT molecular complexity index is 699. The second-order valence-electron chi connectivity index (χ2n) is 5.32. The number of carbonyl (C=O) groups is 1. The minimum atomic E-state index is 0.0134. The Labute approximate surface area is 135 Å². The van der Waals surface area contributed by atoms with Crippen LogP contribution in [0.15, 0.2) is 42.5 Å². The fourth-order valence-corrected chi connectivity index (χ4v) is 2.99. The lowest BCUT2D eigenvalue weighted by molar-refractivity contribution is 0.0734. The monoisotopic (exact) mass is 315 g/mol. The number of hydrogen-bond donors (Lipinski definition) is 0. The summed E-state index contributed by atoms with van der Waals surface area (Å²) in [6.45, 7) is 3.84. The Kier molecular flexibility index (Phi) is 4.34. The lowest BCUT2D eigenvalue weighted by Crippen LogP contribution is -2.35. The Balaban J connectivity index is 1.79. The second kappa shape index (κ2) is 6.41. The third kappa shape index (κ3) is 2.95. The first kappa shape index (κ1) is 14.9. The van der Waals surface area contributed by atoms with Crippen molar-refractivity contribution < 1.29 is 9.53 Å². The van der Waals surface area contributed by atoms with Crippen LogP contribution in [0, 0.1) is 0 Å². The highest BCUT2D eigenvalue weighted by atomic mass is 35.5. The van der Waals surface area contributed by atoms with Crippen LogP contribution in [0.5, 0.6) is 5.75 Å². The summed E-state index contributed by atoms with van der Waals surface area (Å²) in [4.78, 5) is 14.5. The maximum absolute atomic E-state index is 12.7. The van der Waals surface area contributed by atoms with Gasteiger partial charge in [-0.05, 0) is 42.7 Å². The molecule has 114 valence electrons. The molecule has 2 aromatic rings. The Hall–Kier alpha value is -2.00. The smallest absolute Gasteiger partial charge is 0.254 e. The first-order chi connectivity index (χ1) is 10.7. The number of hydrogen-bond acceptors (Lipinski definition) is 2. The van der Waals surface area contributed by atoms with E-state index < -0.39 is 0 Å². The van der Waals surface area contributed by atoms with E-state index in [0.29, 0.717) is 29.5 Å². The number of amides is 1. The molecule has 0 aliphatic carbocycles. The number of carbonyl (C=O) groups excluding carboxylic acids is 1. The van der Waals surface area contributed by atoms with Crippen molar-refractivity contribution in [3.63, 3.8) is 0 Å². The van der Waals surface area contributed by atoms with Gasteiger partial charge in [0, 0.05) is 18.7 Å². The first-order valence-electron chi connectivity index (χ1n) is 7.47. The summed E-state index contributed by atoms with van der Waals surface area (Å²) in [7, 11) is 0. The van der Waals surface area contributed by atoms with E-state index in [9.17, 15) is 4.79 Å². The summed E-state index contributed by atoms with van der Waals surface area (Å²) in [5.74, 6) is 0.629. The molecule has 3 rings (SSSR count). The van der Waals surface area contributed by atoms with Gasteiger partial charge in [-0.3, -0.25) is 4.79 Å². The molecular formula is C18H18ClNO2. The van der Waals surface area contributed by atoms with Gasteiger partial charge in [0.1, 0.15) is 5.75 Å². The summed E-state index contributed by atoms with van der Waals surface area (Å²) in [5, 5.41) is 0.477. The van der Waals surface area contributed by atoms with E-state index in [-0.39, 0.29) is 5.91 Å². The molecule has 0 aromatic heterocycles. The van der Waals surface area contributed by atoms with Crippen molar-refractivity contribution in [1.82, 2.24) is 4.90 Å². The Morgan fingerprint density at radius 1 is 1.23 bits per heavy atom. The molecular weight excluding hydrogens is 298 g/mol. The summed E-state index contributed by atoms with van der Waals surface area (Å²) in [6, 6.07) is 13.5. The number of fused-ring (bicyclic) bond motifs is 1. The van der Waals surface area contributed by atoms with Gasteiger partial charge in [0.15, 0.2) is 0 Å². The first-order valence-corrected chi connectivity index (χ1v) is 7.85. The number of halogens is 1. The number of rotatable bonds is 3. The normalized spacial score (nSPS) is 13.6. The number of ether oxygens (including phenoxy) is 1. The van der Waals surface area contributed by atoms with E-state index in [1.807, 2.05) is 24.0 Å². The zero-order valence-corrected chi connectivity index (χ0v) is 13.3. The van der Waals surface area contributed by atoms with E-state index in [0.717, 1.165) is 13.0 Å². The Morgan fingerprint density at radius 3 is 2.73 bits per heavy atom.